The summed E-state index contributed by atoms with van der Waals surface area (Å²) in [5.41, 5.74) is -1.36. The molecule has 0 radical (unpaired) electrons. The average Bonchev–Trinajstić information content (AvgIpc) is 2.85. The van der Waals surface area contributed by atoms with Crippen molar-refractivity contribution in [2.75, 3.05) is 46.5 Å². The molecule has 0 spiro atoms. The largest absolute Gasteiger partial charge is 0.497 e. The Morgan fingerprint density at radius 2 is 1.53 bits per heavy atom. The highest BCUT2D eigenvalue weighted by Crippen LogP contribution is 2.32. The molecule has 0 unspecified atom stereocenters. The van der Waals surface area contributed by atoms with Gasteiger partial charge in [0.15, 0.2) is 0 Å². The van der Waals surface area contributed by atoms with Gasteiger partial charge in [0, 0.05) is 25.2 Å². The van der Waals surface area contributed by atoms with Crippen LogP contribution in [-0.2, 0) is 6.18 Å². The lowest BCUT2D eigenvalue weighted by atomic mass is 10.0. The number of halogens is 4. The van der Waals surface area contributed by atoms with E-state index in [9.17, 15) is 27.8 Å². The van der Waals surface area contributed by atoms with Crippen LogP contribution in [0.4, 0.5) is 17.6 Å². The van der Waals surface area contributed by atoms with Crippen LogP contribution in [0.5, 0.6) is 17.2 Å². The van der Waals surface area contributed by atoms with E-state index in [1.165, 1.54) is 0 Å². The second-order valence-electron chi connectivity index (χ2n) is 8.73. The standard InChI is InChI=1S/C25H32F4N2O5/c1-34-20-2-4-21(5-3-20)35-15-18(32)13-30-17-8-10-31(11-9-17)14-19(33)16-36-22-6-7-23(24(26)12-22)25(27,28)29/h2-7,12,17-19,30,32-33H,8-11,13-16H2,1H3/t18-,19-/m0/s1. The van der Waals surface area contributed by atoms with Gasteiger partial charge in [0.25, 0.3) is 0 Å². The Morgan fingerprint density at radius 1 is 0.944 bits per heavy atom. The number of hydrogen-bond acceptors (Lipinski definition) is 7. The minimum absolute atomic E-state index is 0.0722. The number of likely N-dealkylation sites (tertiary alicyclic amines) is 1. The number of hydrogen-bond donors (Lipinski definition) is 3. The number of rotatable bonds is 12. The molecule has 1 aliphatic heterocycles. The van der Waals surface area contributed by atoms with Crippen molar-refractivity contribution in [1.82, 2.24) is 10.2 Å². The van der Waals surface area contributed by atoms with Crippen molar-refractivity contribution in [3.05, 3.63) is 53.8 Å². The molecule has 0 aliphatic carbocycles. The third-order valence-electron chi connectivity index (χ3n) is 5.89. The molecule has 3 N–H and O–H groups in total. The normalized spacial score (nSPS) is 17.0. The van der Waals surface area contributed by atoms with Gasteiger partial charge in [0.2, 0.25) is 0 Å². The first-order valence-electron chi connectivity index (χ1n) is 11.7. The number of methoxy groups -OCH3 is 1. The summed E-state index contributed by atoms with van der Waals surface area (Å²) < 4.78 is 67.5. The highest BCUT2D eigenvalue weighted by Gasteiger charge is 2.34. The lowest BCUT2D eigenvalue weighted by Gasteiger charge is -2.33. The number of benzene rings is 2. The molecule has 11 heteroatoms. The van der Waals surface area contributed by atoms with E-state index >= 15 is 0 Å². The van der Waals surface area contributed by atoms with E-state index < -0.39 is 29.8 Å². The molecule has 7 nitrogen and oxygen atoms in total. The molecule has 0 aromatic heterocycles. The van der Waals surface area contributed by atoms with Gasteiger partial charge in [-0.05, 0) is 62.3 Å². The molecule has 1 aliphatic rings. The number of aliphatic hydroxyl groups is 2. The summed E-state index contributed by atoms with van der Waals surface area (Å²) in [6.07, 6.45) is -4.67. The fraction of sp³-hybridized carbons (Fsp3) is 0.520. The van der Waals surface area contributed by atoms with Crippen molar-refractivity contribution in [2.24, 2.45) is 0 Å². The third kappa shape index (κ3) is 8.81. The number of β-amino-alcohol motifs (C(OH)–C–C–N with tert-alkyl or cyclic N) is 1. The zero-order valence-corrected chi connectivity index (χ0v) is 20.0. The molecule has 0 bridgehead atoms. The summed E-state index contributed by atoms with van der Waals surface area (Å²) in [6.45, 7) is 2.16. The number of nitrogens with zero attached hydrogens (tertiary/aromatic N) is 1. The lowest BCUT2D eigenvalue weighted by molar-refractivity contribution is -0.140. The SMILES string of the molecule is COc1ccc(OC[C@@H](O)CNC2CCN(C[C@H](O)COc3ccc(C(F)(F)F)c(F)c3)CC2)cc1. The Morgan fingerprint density at radius 3 is 2.14 bits per heavy atom. The monoisotopic (exact) mass is 516 g/mol. The highest BCUT2D eigenvalue weighted by atomic mass is 19.4. The fourth-order valence-corrected chi connectivity index (χ4v) is 3.90. The van der Waals surface area contributed by atoms with Crippen LogP contribution in [0.2, 0.25) is 0 Å². The van der Waals surface area contributed by atoms with Crippen molar-refractivity contribution >= 4 is 0 Å². The number of aliphatic hydroxyl groups excluding tert-OH is 2. The van der Waals surface area contributed by atoms with Gasteiger partial charge in [0.05, 0.1) is 12.7 Å². The van der Waals surface area contributed by atoms with Crippen LogP contribution in [0.1, 0.15) is 18.4 Å². The first-order chi connectivity index (χ1) is 17.1. The topological polar surface area (TPSA) is 83.4 Å². The van der Waals surface area contributed by atoms with Gasteiger partial charge in [-0.25, -0.2) is 4.39 Å². The van der Waals surface area contributed by atoms with Crippen LogP contribution in [0.15, 0.2) is 42.5 Å². The van der Waals surface area contributed by atoms with Gasteiger partial charge in [0.1, 0.15) is 48.5 Å². The van der Waals surface area contributed by atoms with Crippen LogP contribution in [0, 0.1) is 5.82 Å². The van der Waals surface area contributed by atoms with Crippen molar-refractivity contribution in [3.8, 4) is 17.2 Å². The Hall–Kier alpha value is -2.60. The van der Waals surface area contributed by atoms with Crippen molar-refractivity contribution in [1.29, 1.82) is 0 Å². The van der Waals surface area contributed by atoms with Crippen LogP contribution in [0.3, 0.4) is 0 Å². The molecule has 0 saturated carbocycles. The third-order valence-corrected chi connectivity index (χ3v) is 5.89. The van der Waals surface area contributed by atoms with Crippen LogP contribution in [0.25, 0.3) is 0 Å². The zero-order valence-electron chi connectivity index (χ0n) is 20.0. The van der Waals surface area contributed by atoms with Gasteiger partial charge in [-0.3, -0.25) is 0 Å². The van der Waals surface area contributed by atoms with Crippen molar-refractivity contribution < 1.29 is 42.0 Å². The maximum absolute atomic E-state index is 13.6. The zero-order chi connectivity index (χ0) is 26.1. The summed E-state index contributed by atoms with van der Waals surface area (Å²) >= 11 is 0. The second-order valence-corrected chi connectivity index (χ2v) is 8.73. The molecule has 200 valence electrons. The Bertz CT molecular complexity index is 937. The maximum Gasteiger partial charge on any atom is 0.419 e. The van der Waals surface area contributed by atoms with E-state index in [1.54, 1.807) is 31.4 Å². The first-order valence-corrected chi connectivity index (χ1v) is 11.7. The summed E-state index contributed by atoms with van der Waals surface area (Å²) in [4.78, 5) is 2.06. The van der Waals surface area contributed by atoms with Gasteiger partial charge in [-0.1, -0.05) is 0 Å². The first kappa shape index (κ1) is 28.0. The van der Waals surface area contributed by atoms with Crippen molar-refractivity contribution in [3.63, 3.8) is 0 Å². The van der Waals surface area contributed by atoms with Gasteiger partial charge in [-0.2, -0.15) is 13.2 Å². The summed E-state index contributed by atoms with van der Waals surface area (Å²) in [5.74, 6) is -0.113. The molecule has 2 aromatic carbocycles. The summed E-state index contributed by atoms with van der Waals surface area (Å²) in [5, 5.41) is 23.8. The molecule has 2 atom stereocenters. The molecule has 3 rings (SSSR count). The molecule has 36 heavy (non-hydrogen) atoms. The predicted molar refractivity (Wildman–Crippen MR) is 125 cm³/mol. The van der Waals surface area contributed by atoms with Crippen LogP contribution in [-0.4, -0.2) is 79.9 Å². The van der Waals surface area contributed by atoms with E-state index in [-0.39, 0.29) is 25.0 Å². The Balaban J connectivity index is 1.30. The van der Waals surface area contributed by atoms with E-state index in [0.29, 0.717) is 31.0 Å². The van der Waals surface area contributed by atoms with Crippen molar-refractivity contribution in [2.45, 2.75) is 37.3 Å². The Kier molecular flexibility index (Phi) is 10.2. The number of piperidine rings is 1. The summed E-state index contributed by atoms with van der Waals surface area (Å²) in [6, 6.07) is 9.66. The minimum Gasteiger partial charge on any atom is -0.497 e. The highest BCUT2D eigenvalue weighted by molar-refractivity contribution is 5.31. The van der Waals surface area contributed by atoms with Crippen LogP contribution >= 0.6 is 0 Å². The number of ether oxygens (including phenoxy) is 3. The lowest BCUT2D eigenvalue weighted by Crippen LogP contribution is -2.47. The van der Waals surface area contributed by atoms with E-state index in [4.69, 9.17) is 14.2 Å². The van der Waals surface area contributed by atoms with E-state index in [2.05, 4.69) is 10.2 Å². The van der Waals surface area contributed by atoms with E-state index in [0.717, 1.165) is 37.7 Å². The predicted octanol–water partition coefficient (Wildman–Crippen LogP) is 3.09. The smallest absolute Gasteiger partial charge is 0.419 e. The molecule has 1 heterocycles. The molecular formula is C25H32F4N2O5. The van der Waals surface area contributed by atoms with Gasteiger partial charge in [-0.15, -0.1) is 0 Å². The van der Waals surface area contributed by atoms with Gasteiger partial charge < -0.3 is 34.6 Å². The Labute approximate surface area is 207 Å². The fourth-order valence-electron chi connectivity index (χ4n) is 3.90. The number of alkyl halides is 3. The molecule has 1 fully saturated rings. The van der Waals surface area contributed by atoms with E-state index in [1.807, 2.05) is 0 Å². The maximum atomic E-state index is 13.6. The second kappa shape index (κ2) is 13.1. The molecule has 2 aromatic rings. The molecule has 1 saturated heterocycles. The quantitative estimate of drug-likeness (QED) is 0.374. The van der Waals surface area contributed by atoms with Crippen LogP contribution < -0.4 is 19.5 Å². The summed E-state index contributed by atoms with van der Waals surface area (Å²) in [7, 11) is 1.59. The van der Waals surface area contributed by atoms with Gasteiger partial charge >= 0.3 is 6.18 Å². The molecule has 0 amide bonds. The molecular weight excluding hydrogens is 484 g/mol. The number of nitrogens with one attached hydrogen (secondary N) is 1. The minimum atomic E-state index is -4.77. The average molecular weight is 517 g/mol.